The summed E-state index contributed by atoms with van der Waals surface area (Å²) in [6, 6.07) is 10.1. The molecule has 1 N–H and O–H groups in total. The van der Waals surface area contributed by atoms with Gasteiger partial charge in [-0.05, 0) is 30.8 Å². The molecule has 0 atom stereocenters. The van der Waals surface area contributed by atoms with E-state index in [-0.39, 0.29) is 11.6 Å². The van der Waals surface area contributed by atoms with Crippen molar-refractivity contribution in [3.63, 3.8) is 0 Å². The van der Waals surface area contributed by atoms with Crippen LogP contribution in [0.5, 0.6) is 5.75 Å². The molecule has 0 saturated carbocycles. The van der Waals surface area contributed by atoms with Gasteiger partial charge in [0.25, 0.3) is 0 Å². The Balaban J connectivity index is 2.14. The Kier molecular flexibility index (Phi) is 5.85. The zero-order valence-corrected chi connectivity index (χ0v) is 13.1. The summed E-state index contributed by atoms with van der Waals surface area (Å²) in [7, 11) is 0. The van der Waals surface area contributed by atoms with Gasteiger partial charge < -0.3 is 10.1 Å². The molecule has 0 fully saturated rings. The molecule has 0 bridgehead atoms. The summed E-state index contributed by atoms with van der Waals surface area (Å²) in [5.41, 5.74) is 1.57. The summed E-state index contributed by atoms with van der Waals surface area (Å²) >= 11 is 11.9. The molecular weight excluding hydrogens is 312 g/mol. The van der Waals surface area contributed by atoms with Gasteiger partial charge in [-0.25, -0.2) is 4.39 Å². The van der Waals surface area contributed by atoms with Crippen molar-refractivity contribution in [1.82, 2.24) is 5.32 Å². The fourth-order valence-corrected chi connectivity index (χ4v) is 2.28. The van der Waals surface area contributed by atoms with Crippen LogP contribution in [0.1, 0.15) is 18.1 Å². The fourth-order valence-electron chi connectivity index (χ4n) is 1.90. The molecular formula is C16H16Cl2FNO. The number of ether oxygens (including phenoxy) is 1. The molecule has 2 aromatic carbocycles. The Morgan fingerprint density at radius 3 is 2.71 bits per heavy atom. The molecule has 0 aliphatic heterocycles. The number of hydrogen-bond acceptors (Lipinski definition) is 2. The van der Waals surface area contributed by atoms with Gasteiger partial charge in [-0.3, -0.25) is 0 Å². The minimum absolute atomic E-state index is 0.0969. The van der Waals surface area contributed by atoms with Gasteiger partial charge in [0.15, 0.2) is 0 Å². The number of halogens is 3. The first-order valence-corrected chi connectivity index (χ1v) is 7.42. The van der Waals surface area contributed by atoms with E-state index in [2.05, 4.69) is 5.32 Å². The summed E-state index contributed by atoms with van der Waals surface area (Å²) in [6.45, 7) is 3.74. The first kappa shape index (κ1) is 16.1. The molecule has 2 aromatic rings. The van der Waals surface area contributed by atoms with Crippen molar-refractivity contribution in [2.45, 2.75) is 20.1 Å². The van der Waals surface area contributed by atoms with Gasteiger partial charge >= 0.3 is 0 Å². The third-order valence-electron chi connectivity index (χ3n) is 3.00. The van der Waals surface area contributed by atoms with Gasteiger partial charge in [0.1, 0.15) is 18.2 Å². The summed E-state index contributed by atoms with van der Waals surface area (Å²) < 4.78 is 19.2. The number of benzene rings is 2. The standard InChI is InChI=1S/C16H16Cl2FNO/c1-2-20-9-12-8-13(17)6-7-15(12)21-10-11-4-3-5-14(19)16(11)18/h3-8,20H,2,9-10H2,1H3. The van der Waals surface area contributed by atoms with E-state index >= 15 is 0 Å². The van der Waals surface area contributed by atoms with Crippen LogP contribution in [-0.2, 0) is 13.2 Å². The molecule has 0 aliphatic carbocycles. The molecule has 0 heterocycles. The lowest BCUT2D eigenvalue weighted by atomic mass is 10.2. The van der Waals surface area contributed by atoms with E-state index in [1.807, 2.05) is 19.1 Å². The SMILES string of the molecule is CCNCc1cc(Cl)ccc1OCc1cccc(F)c1Cl. The normalized spacial score (nSPS) is 10.7. The summed E-state index contributed by atoms with van der Waals surface area (Å²) in [6.07, 6.45) is 0. The van der Waals surface area contributed by atoms with Crippen molar-refractivity contribution in [2.75, 3.05) is 6.54 Å². The largest absolute Gasteiger partial charge is 0.489 e. The first-order chi connectivity index (χ1) is 10.1. The van der Waals surface area contributed by atoms with Crippen LogP contribution in [0.15, 0.2) is 36.4 Å². The molecule has 21 heavy (non-hydrogen) atoms. The lowest BCUT2D eigenvalue weighted by molar-refractivity contribution is 0.301. The van der Waals surface area contributed by atoms with Gasteiger partial charge in [0.2, 0.25) is 0 Å². The lowest BCUT2D eigenvalue weighted by Crippen LogP contribution is -2.13. The second-order valence-electron chi connectivity index (χ2n) is 4.53. The van der Waals surface area contributed by atoms with Crippen molar-refractivity contribution in [2.24, 2.45) is 0 Å². The lowest BCUT2D eigenvalue weighted by Gasteiger charge is -2.13. The molecule has 2 rings (SSSR count). The molecule has 0 saturated heterocycles. The van der Waals surface area contributed by atoms with E-state index in [0.29, 0.717) is 22.9 Å². The average molecular weight is 328 g/mol. The minimum atomic E-state index is -0.443. The third-order valence-corrected chi connectivity index (χ3v) is 3.66. The molecule has 5 heteroatoms. The topological polar surface area (TPSA) is 21.3 Å². The Morgan fingerprint density at radius 2 is 1.95 bits per heavy atom. The number of rotatable bonds is 6. The van der Waals surface area contributed by atoms with Crippen molar-refractivity contribution in [3.05, 3.63) is 63.4 Å². The monoisotopic (exact) mass is 327 g/mol. The quantitative estimate of drug-likeness (QED) is 0.821. The van der Waals surface area contributed by atoms with E-state index < -0.39 is 5.82 Å². The zero-order chi connectivity index (χ0) is 15.2. The van der Waals surface area contributed by atoms with E-state index in [1.54, 1.807) is 18.2 Å². The smallest absolute Gasteiger partial charge is 0.142 e. The Morgan fingerprint density at radius 1 is 1.14 bits per heavy atom. The second kappa shape index (κ2) is 7.64. The first-order valence-electron chi connectivity index (χ1n) is 6.66. The van der Waals surface area contributed by atoms with Crippen molar-refractivity contribution in [1.29, 1.82) is 0 Å². The Bertz CT molecular complexity index is 619. The van der Waals surface area contributed by atoms with E-state index in [0.717, 1.165) is 12.1 Å². The van der Waals surface area contributed by atoms with Crippen LogP contribution in [-0.4, -0.2) is 6.54 Å². The van der Waals surface area contributed by atoms with Crippen LogP contribution in [0.25, 0.3) is 0 Å². The molecule has 0 aliphatic rings. The molecule has 0 unspecified atom stereocenters. The predicted octanol–water partition coefficient (Wildman–Crippen LogP) is 4.82. The van der Waals surface area contributed by atoms with Gasteiger partial charge in [0, 0.05) is 22.7 Å². The molecule has 0 aromatic heterocycles. The summed E-state index contributed by atoms with van der Waals surface area (Å²) in [4.78, 5) is 0. The van der Waals surface area contributed by atoms with Crippen molar-refractivity contribution >= 4 is 23.2 Å². The van der Waals surface area contributed by atoms with Gasteiger partial charge in [-0.1, -0.05) is 42.3 Å². The molecule has 0 spiro atoms. The second-order valence-corrected chi connectivity index (χ2v) is 5.35. The molecule has 0 radical (unpaired) electrons. The van der Waals surface area contributed by atoms with Gasteiger partial charge in [-0.2, -0.15) is 0 Å². The third kappa shape index (κ3) is 4.34. The van der Waals surface area contributed by atoms with Crippen molar-refractivity contribution in [3.8, 4) is 5.75 Å². The van der Waals surface area contributed by atoms with Crippen molar-refractivity contribution < 1.29 is 9.13 Å². The maximum atomic E-state index is 13.4. The average Bonchev–Trinajstić information content (AvgIpc) is 2.48. The van der Waals surface area contributed by atoms with Crippen LogP contribution >= 0.6 is 23.2 Å². The maximum Gasteiger partial charge on any atom is 0.142 e. The Labute approximate surface area is 133 Å². The highest BCUT2D eigenvalue weighted by Crippen LogP contribution is 2.26. The molecule has 112 valence electrons. The van der Waals surface area contributed by atoms with Crippen LogP contribution in [0.2, 0.25) is 10.0 Å². The summed E-state index contributed by atoms with van der Waals surface area (Å²) in [5, 5.41) is 3.97. The number of nitrogens with one attached hydrogen (secondary N) is 1. The van der Waals surface area contributed by atoms with Gasteiger partial charge in [0.05, 0.1) is 5.02 Å². The van der Waals surface area contributed by atoms with Gasteiger partial charge in [-0.15, -0.1) is 0 Å². The maximum absolute atomic E-state index is 13.4. The van der Waals surface area contributed by atoms with E-state index in [9.17, 15) is 4.39 Å². The van der Waals surface area contributed by atoms with Crippen LogP contribution in [0, 0.1) is 5.82 Å². The predicted molar refractivity (Wildman–Crippen MR) is 84.6 cm³/mol. The molecule has 0 amide bonds. The van der Waals surface area contributed by atoms with Crippen LogP contribution in [0.4, 0.5) is 4.39 Å². The summed E-state index contributed by atoms with van der Waals surface area (Å²) in [5.74, 6) is 0.266. The van der Waals surface area contributed by atoms with E-state index in [4.69, 9.17) is 27.9 Å². The number of hydrogen-bond donors (Lipinski definition) is 1. The zero-order valence-electron chi connectivity index (χ0n) is 11.6. The highest BCUT2D eigenvalue weighted by molar-refractivity contribution is 6.31. The Hall–Kier alpha value is -1.29. The highest BCUT2D eigenvalue weighted by atomic mass is 35.5. The fraction of sp³-hybridized carbons (Fsp3) is 0.250. The van der Waals surface area contributed by atoms with E-state index in [1.165, 1.54) is 6.07 Å². The molecule has 2 nitrogen and oxygen atoms in total. The highest BCUT2D eigenvalue weighted by Gasteiger charge is 2.09. The van der Waals surface area contributed by atoms with Crippen LogP contribution < -0.4 is 10.1 Å². The minimum Gasteiger partial charge on any atom is -0.489 e. The van der Waals surface area contributed by atoms with Crippen LogP contribution in [0.3, 0.4) is 0 Å².